The molecule has 2 nitrogen and oxygen atoms in total. The van der Waals surface area contributed by atoms with Gasteiger partial charge in [0.25, 0.3) is 0 Å². The lowest BCUT2D eigenvalue weighted by Gasteiger charge is -2.21. The first-order chi connectivity index (χ1) is 14.8. The Kier molecular flexibility index (Phi) is 4.68. The quantitative estimate of drug-likeness (QED) is 0.596. The van der Waals surface area contributed by atoms with Crippen LogP contribution >= 0.6 is 0 Å². The molecule has 0 bridgehead atoms. The fourth-order valence-electron chi connectivity index (χ4n) is 4.68. The van der Waals surface area contributed by atoms with E-state index in [4.69, 9.17) is 4.74 Å². The van der Waals surface area contributed by atoms with Crippen molar-refractivity contribution in [3.63, 3.8) is 0 Å². The topological polar surface area (TPSA) is 21.3 Å². The number of rotatable bonds is 2. The predicted molar refractivity (Wildman–Crippen MR) is 121 cm³/mol. The van der Waals surface area contributed by atoms with Crippen LogP contribution in [0.25, 0.3) is 11.1 Å². The SMILES string of the molecule is CC#CC1(C#CC)c2ccccc2-c2ccc([C@@H]3N[C@H](c4ccccc4)CO3)cc21. The van der Waals surface area contributed by atoms with Gasteiger partial charge in [-0.1, -0.05) is 78.6 Å². The van der Waals surface area contributed by atoms with E-state index in [-0.39, 0.29) is 12.3 Å². The maximum absolute atomic E-state index is 6.15. The third kappa shape index (κ3) is 2.86. The third-order valence-corrected chi connectivity index (χ3v) is 5.98. The maximum atomic E-state index is 6.15. The lowest BCUT2D eigenvalue weighted by Crippen LogP contribution is -2.22. The molecule has 1 fully saturated rings. The lowest BCUT2D eigenvalue weighted by molar-refractivity contribution is 0.101. The third-order valence-electron chi connectivity index (χ3n) is 5.98. The van der Waals surface area contributed by atoms with Crippen LogP contribution in [0.3, 0.4) is 0 Å². The van der Waals surface area contributed by atoms with Gasteiger partial charge in [-0.15, -0.1) is 11.8 Å². The first-order valence-electron chi connectivity index (χ1n) is 10.3. The normalized spacial score (nSPS) is 20.3. The van der Waals surface area contributed by atoms with Crippen LogP contribution in [-0.4, -0.2) is 6.61 Å². The van der Waals surface area contributed by atoms with Crippen LogP contribution in [0.1, 0.15) is 48.4 Å². The summed E-state index contributed by atoms with van der Waals surface area (Å²) in [6.45, 7) is 4.42. The summed E-state index contributed by atoms with van der Waals surface area (Å²) in [6, 6.07) is 25.7. The van der Waals surface area contributed by atoms with E-state index >= 15 is 0 Å². The maximum Gasteiger partial charge on any atom is 0.143 e. The highest BCUT2D eigenvalue weighted by Crippen LogP contribution is 2.49. The summed E-state index contributed by atoms with van der Waals surface area (Å²) < 4.78 is 6.15. The van der Waals surface area contributed by atoms with Crippen LogP contribution in [0, 0.1) is 23.7 Å². The molecule has 1 N–H and O–H groups in total. The molecule has 5 rings (SSSR count). The largest absolute Gasteiger partial charge is 0.357 e. The van der Waals surface area contributed by atoms with E-state index in [1.54, 1.807) is 0 Å². The number of ether oxygens (including phenoxy) is 1. The van der Waals surface area contributed by atoms with Crippen molar-refractivity contribution in [1.82, 2.24) is 5.32 Å². The van der Waals surface area contributed by atoms with Crippen LogP contribution in [0.15, 0.2) is 72.8 Å². The highest BCUT2D eigenvalue weighted by atomic mass is 16.5. The van der Waals surface area contributed by atoms with Gasteiger partial charge in [0.2, 0.25) is 0 Å². The Morgan fingerprint density at radius 2 is 1.50 bits per heavy atom. The Morgan fingerprint density at radius 1 is 0.800 bits per heavy atom. The van der Waals surface area contributed by atoms with E-state index in [1.807, 2.05) is 19.9 Å². The van der Waals surface area contributed by atoms with Crippen LogP contribution in [0.2, 0.25) is 0 Å². The zero-order chi connectivity index (χ0) is 20.6. The summed E-state index contributed by atoms with van der Waals surface area (Å²) >= 11 is 0. The molecule has 3 aromatic carbocycles. The van der Waals surface area contributed by atoms with Crippen molar-refractivity contribution in [3.05, 3.63) is 95.1 Å². The standard InChI is InChI=1S/C28H23NO/c1-3-16-28(17-4-2)24-13-9-8-12-22(24)23-15-14-21(18-25(23)28)27-29-26(19-30-27)20-10-6-5-7-11-20/h5-15,18,26-27,29H,19H2,1-2H3/t26-,27+/m0/s1. The van der Waals surface area contributed by atoms with Gasteiger partial charge in [0, 0.05) is 0 Å². The van der Waals surface area contributed by atoms with Crippen molar-refractivity contribution in [1.29, 1.82) is 0 Å². The van der Waals surface area contributed by atoms with Crippen molar-refractivity contribution in [2.75, 3.05) is 6.61 Å². The minimum atomic E-state index is -0.594. The summed E-state index contributed by atoms with van der Waals surface area (Å²) in [5.41, 5.74) is 6.51. The van der Waals surface area contributed by atoms with Crippen molar-refractivity contribution < 1.29 is 4.74 Å². The number of fused-ring (bicyclic) bond motifs is 3. The average molecular weight is 389 g/mol. The molecule has 1 aliphatic heterocycles. The first kappa shape index (κ1) is 18.7. The second kappa shape index (κ2) is 7.51. The van der Waals surface area contributed by atoms with E-state index in [1.165, 1.54) is 22.3 Å². The molecule has 0 spiro atoms. The highest BCUT2D eigenvalue weighted by Gasteiger charge is 2.41. The average Bonchev–Trinajstić information content (AvgIpc) is 3.38. The summed E-state index contributed by atoms with van der Waals surface area (Å²) in [5, 5.41) is 3.63. The molecular formula is C28H23NO. The van der Waals surface area contributed by atoms with E-state index in [2.05, 4.69) is 95.7 Å². The summed E-state index contributed by atoms with van der Waals surface area (Å²) in [4.78, 5) is 0. The van der Waals surface area contributed by atoms with Crippen LogP contribution in [-0.2, 0) is 10.2 Å². The van der Waals surface area contributed by atoms with Gasteiger partial charge in [0.15, 0.2) is 0 Å². The Labute approximate surface area is 178 Å². The summed E-state index contributed by atoms with van der Waals surface area (Å²) in [7, 11) is 0. The minimum absolute atomic E-state index is 0.147. The Bertz CT molecular complexity index is 1200. The molecule has 2 aliphatic rings. The van der Waals surface area contributed by atoms with Gasteiger partial charge in [0.1, 0.15) is 11.6 Å². The predicted octanol–water partition coefficient (Wildman–Crippen LogP) is 5.36. The zero-order valence-corrected chi connectivity index (χ0v) is 17.2. The van der Waals surface area contributed by atoms with Gasteiger partial charge in [-0.3, -0.25) is 5.32 Å². The number of hydrogen-bond acceptors (Lipinski definition) is 2. The second-order valence-electron chi connectivity index (χ2n) is 7.69. The van der Waals surface area contributed by atoms with Gasteiger partial charge in [-0.25, -0.2) is 0 Å². The van der Waals surface area contributed by atoms with E-state index < -0.39 is 5.41 Å². The van der Waals surface area contributed by atoms with Crippen LogP contribution in [0.5, 0.6) is 0 Å². The van der Waals surface area contributed by atoms with E-state index in [0.717, 1.165) is 11.1 Å². The summed E-state index contributed by atoms with van der Waals surface area (Å²) in [5.74, 6) is 13.1. The molecule has 0 unspecified atom stereocenters. The van der Waals surface area contributed by atoms with Gasteiger partial charge >= 0.3 is 0 Å². The highest BCUT2D eigenvalue weighted by molar-refractivity contribution is 5.86. The number of hydrogen-bond donors (Lipinski definition) is 1. The molecule has 0 radical (unpaired) electrons. The monoisotopic (exact) mass is 389 g/mol. The molecule has 0 saturated carbocycles. The molecule has 30 heavy (non-hydrogen) atoms. The molecule has 146 valence electrons. The van der Waals surface area contributed by atoms with E-state index in [9.17, 15) is 0 Å². The molecule has 0 amide bonds. The van der Waals surface area contributed by atoms with Crippen molar-refractivity contribution in [3.8, 4) is 34.8 Å². The number of nitrogens with one attached hydrogen (secondary N) is 1. The minimum Gasteiger partial charge on any atom is -0.357 e. The lowest BCUT2D eigenvalue weighted by atomic mass is 9.79. The van der Waals surface area contributed by atoms with Gasteiger partial charge < -0.3 is 4.74 Å². The molecular weight excluding hydrogens is 366 g/mol. The fraction of sp³-hybridized carbons (Fsp3) is 0.214. The fourth-order valence-corrected chi connectivity index (χ4v) is 4.68. The van der Waals surface area contributed by atoms with Crippen LogP contribution in [0.4, 0.5) is 0 Å². The van der Waals surface area contributed by atoms with Crippen molar-refractivity contribution >= 4 is 0 Å². The smallest absolute Gasteiger partial charge is 0.143 e. The molecule has 1 saturated heterocycles. The van der Waals surface area contributed by atoms with E-state index in [0.29, 0.717) is 6.61 Å². The van der Waals surface area contributed by atoms with Crippen molar-refractivity contribution in [2.24, 2.45) is 0 Å². The molecule has 2 heteroatoms. The first-order valence-corrected chi connectivity index (χ1v) is 10.3. The zero-order valence-electron chi connectivity index (χ0n) is 17.2. The van der Waals surface area contributed by atoms with Gasteiger partial charge in [-0.2, -0.15) is 0 Å². The van der Waals surface area contributed by atoms with Crippen molar-refractivity contribution in [2.45, 2.75) is 31.5 Å². The second-order valence-corrected chi connectivity index (χ2v) is 7.69. The Balaban J connectivity index is 1.57. The van der Waals surface area contributed by atoms with Crippen LogP contribution < -0.4 is 5.32 Å². The Morgan fingerprint density at radius 3 is 2.27 bits per heavy atom. The molecule has 1 heterocycles. The molecule has 1 aliphatic carbocycles. The number of benzene rings is 3. The molecule has 2 atom stereocenters. The summed E-state index contributed by atoms with van der Waals surface area (Å²) in [6.07, 6.45) is -0.147. The molecule has 0 aromatic heterocycles. The van der Waals surface area contributed by atoms with Gasteiger partial charge in [-0.05, 0) is 53.3 Å². The molecule has 3 aromatic rings. The Hall–Kier alpha value is -3.30. The van der Waals surface area contributed by atoms with Gasteiger partial charge in [0.05, 0.1) is 12.6 Å².